The number of anilines is 2. The van der Waals surface area contributed by atoms with E-state index in [1.165, 1.54) is 0 Å². The summed E-state index contributed by atoms with van der Waals surface area (Å²) in [6.45, 7) is 3.94. The number of H-pyrrole nitrogens is 1. The van der Waals surface area contributed by atoms with Crippen LogP contribution in [0.5, 0.6) is 0 Å². The Kier molecular flexibility index (Phi) is 3.57. The zero-order valence-electron chi connectivity index (χ0n) is 13.9. The Morgan fingerprint density at radius 3 is 2.72 bits per heavy atom. The predicted molar refractivity (Wildman–Crippen MR) is 98.7 cm³/mol. The van der Waals surface area contributed by atoms with E-state index < -0.39 is 0 Å². The molecule has 0 fully saturated rings. The van der Waals surface area contributed by atoms with Gasteiger partial charge in [-0.25, -0.2) is 4.98 Å². The standard InChI is InChI=1S/C19H17N5O/c1-12-6-5-7-14(10-12)20-17-11-13(2)23-24(17)19-21-16-9-4-3-8-15(16)18(25)22-19/h3-11,20H,1-2H3,(H,21,22,25). The molecule has 0 aliphatic heterocycles. The molecule has 0 bridgehead atoms. The smallest absolute Gasteiger partial charge is 0.260 e. The molecule has 124 valence electrons. The maximum atomic E-state index is 12.3. The van der Waals surface area contributed by atoms with Crippen LogP contribution < -0.4 is 10.9 Å². The summed E-state index contributed by atoms with van der Waals surface area (Å²) < 4.78 is 1.62. The van der Waals surface area contributed by atoms with Crippen LogP contribution in [0.3, 0.4) is 0 Å². The van der Waals surface area contributed by atoms with Crippen molar-refractivity contribution in [3.63, 3.8) is 0 Å². The molecular formula is C19H17N5O. The van der Waals surface area contributed by atoms with Gasteiger partial charge in [0.2, 0.25) is 5.95 Å². The van der Waals surface area contributed by atoms with E-state index in [0.717, 1.165) is 22.8 Å². The zero-order valence-corrected chi connectivity index (χ0v) is 13.9. The molecule has 2 aromatic heterocycles. The van der Waals surface area contributed by atoms with Gasteiger partial charge in [0.05, 0.1) is 16.6 Å². The van der Waals surface area contributed by atoms with Crippen molar-refractivity contribution < 1.29 is 0 Å². The first-order valence-electron chi connectivity index (χ1n) is 8.00. The van der Waals surface area contributed by atoms with Crippen molar-refractivity contribution in [1.29, 1.82) is 0 Å². The van der Waals surface area contributed by atoms with Crippen molar-refractivity contribution in [3.05, 3.63) is 76.2 Å². The lowest BCUT2D eigenvalue weighted by Gasteiger charge is -2.10. The number of aromatic nitrogens is 4. The van der Waals surface area contributed by atoms with Crippen LogP contribution in [-0.2, 0) is 0 Å². The summed E-state index contributed by atoms with van der Waals surface area (Å²) in [5.74, 6) is 1.12. The second-order valence-corrected chi connectivity index (χ2v) is 5.98. The van der Waals surface area contributed by atoms with E-state index in [4.69, 9.17) is 0 Å². The van der Waals surface area contributed by atoms with E-state index >= 15 is 0 Å². The highest BCUT2D eigenvalue weighted by Gasteiger charge is 2.12. The van der Waals surface area contributed by atoms with Crippen molar-refractivity contribution >= 4 is 22.4 Å². The molecule has 0 spiro atoms. The van der Waals surface area contributed by atoms with Gasteiger partial charge in [0.1, 0.15) is 5.82 Å². The predicted octanol–water partition coefficient (Wildman–Crippen LogP) is 3.47. The van der Waals surface area contributed by atoms with Crippen LogP contribution in [0.2, 0.25) is 0 Å². The molecule has 0 atom stereocenters. The van der Waals surface area contributed by atoms with Gasteiger partial charge < -0.3 is 5.32 Å². The third-order valence-corrected chi connectivity index (χ3v) is 3.92. The van der Waals surface area contributed by atoms with Crippen molar-refractivity contribution in [2.45, 2.75) is 13.8 Å². The highest BCUT2D eigenvalue weighted by Crippen LogP contribution is 2.21. The number of nitrogens with zero attached hydrogens (tertiary/aromatic N) is 3. The van der Waals surface area contributed by atoms with Crippen molar-refractivity contribution in [3.8, 4) is 5.95 Å². The third-order valence-electron chi connectivity index (χ3n) is 3.92. The minimum atomic E-state index is -0.185. The number of aromatic amines is 1. The van der Waals surface area contributed by atoms with Gasteiger partial charge in [0, 0.05) is 11.8 Å². The Morgan fingerprint density at radius 2 is 1.88 bits per heavy atom. The topological polar surface area (TPSA) is 75.6 Å². The lowest BCUT2D eigenvalue weighted by molar-refractivity contribution is 0.805. The number of nitrogens with one attached hydrogen (secondary N) is 2. The van der Waals surface area contributed by atoms with E-state index in [1.807, 2.05) is 62.4 Å². The summed E-state index contributed by atoms with van der Waals surface area (Å²) in [5, 5.41) is 8.37. The van der Waals surface area contributed by atoms with Crippen LogP contribution >= 0.6 is 0 Å². The van der Waals surface area contributed by atoms with Crippen LogP contribution in [0.25, 0.3) is 16.9 Å². The Hall–Kier alpha value is -3.41. The van der Waals surface area contributed by atoms with Gasteiger partial charge >= 0.3 is 0 Å². The Morgan fingerprint density at radius 1 is 1.04 bits per heavy atom. The lowest BCUT2D eigenvalue weighted by atomic mass is 10.2. The highest BCUT2D eigenvalue weighted by molar-refractivity contribution is 5.77. The van der Waals surface area contributed by atoms with Gasteiger partial charge in [-0.2, -0.15) is 9.78 Å². The average Bonchev–Trinajstić information content (AvgIpc) is 2.95. The maximum absolute atomic E-state index is 12.3. The van der Waals surface area contributed by atoms with Crippen LogP contribution in [0, 0.1) is 13.8 Å². The first kappa shape index (κ1) is 15.1. The summed E-state index contributed by atoms with van der Waals surface area (Å²) in [4.78, 5) is 19.7. The van der Waals surface area contributed by atoms with Crippen molar-refractivity contribution in [2.75, 3.05) is 5.32 Å². The van der Waals surface area contributed by atoms with Crippen LogP contribution in [-0.4, -0.2) is 19.7 Å². The molecular weight excluding hydrogens is 314 g/mol. The normalized spacial score (nSPS) is 11.0. The monoisotopic (exact) mass is 331 g/mol. The van der Waals surface area contributed by atoms with Gasteiger partial charge in [-0.3, -0.25) is 9.78 Å². The average molecular weight is 331 g/mol. The van der Waals surface area contributed by atoms with Crippen LogP contribution in [0.15, 0.2) is 59.4 Å². The number of para-hydroxylation sites is 1. The molecule has 0 saturated heterocycles. The second kappa shape index (κ2) is 5.90. The summed E-state index contributed by atoms with van der Waals surface area (Å²) >= 11 is 0. The Balaban J connectivity index is 1.82. The van der Waals surface area contributed by atoms with Crippen LogP contribution in [0.1, 0.15) is 11.3 Å². The molecule has 0 aliphatic rings. The van der Waals surface area contributed by atoms with E-state index in [9.17, 15) is 4.79 Å². The first-order valence-corrected chi connectivity index (χ1v) is 8.00. The SMILES string of the molecule is Cc1cccc(Nc2cc(C)nn2-c2nc3ccccc3c(=O)[nH]2)c1. The van der Waals surface area contributed by atoms with Gasteiger partial charge in [0.15, 0.2) is 0 Å². The first-order chi connectivity index (χ1) is 12.1. The molecule has 0 radical (unpaired) electrons. The van der Waals surface area contributed by atoms with Gasteiger partial charge in [0.25, 0.3) is 5.56 Å². The fourth-order valence-corrected chi connectivity index (χ4v) is 2.80. The van der Waals surface area contributed by atoms with E-state index in [1.54, 1.807) is 10.7 Å². The zero-order chi connectivity index (χ0) is 17.4. The Bertz CT molecular complexity index is 1130. The van der Waals surface area contributed by atoms with E-state index in [0.29, 0.717) is 16.9 Å². The molecule has 6 heteroatoms. The molecule has 0 amide bonds. The van der Waals surface area contributed by atoms with Crippen molar-refractivity contribution in [1.82, 2.24) is 19.7 Å². The number of hydrogen-bond donors (Lipinski definition) is 2. The maximum Gasteiger partial charge on any atom is 0.260 e. The summed E-state index contributed by atoms with van der Waals surface area (Å²) in [6, 6.07) is 17.2. The lowest BCUT2D eigenvalue weighted by Crippen LogP contribution is -2.15. The van der Waals surface area contributed by atoms with Gasteiger partial charge in [-0.1, -0.05) is 24.3 Å². The van der Waals surface area contributed by atoms with E-state index in [2.05, 4.69) is 20.4 Å². The molecule has 2 aromatic carbocycles. The van der Waals surface area contributed by atoms with Crippen molar-refractivity contribution in [2.24, 2.45) is 0 Å². The molecule has 25 heavy (non-hydrogen) atoms. The minimum Gasteiger partial charge on any atom is -0.340 e. The second-order valence-electron chi connectivity index (χ2n) is 5.98. The molecule has 4 rings (SSSR count). The number of aryl methyl sites for hydroxylation is 2. The fourth-order valence-electron chi connectivity index (χ4n) is 2.80. The fraction of sp³-hybridized carbons (Fsp3) is 0.105. The molecule has 0 aliphatic carbocycles. The minimum absolute atomic E-state index is 0.185. The summed E-state index contributed by atoms with van der Waals surface area (Å²) in [5.41, 5.74) is 3.38. The van der Waals surface area contributed by atoms with Gasteiger partial charge in [-0.15, -0.1) is 0 Å². The van der Waals surface area contributed by atoms with Gasteiger partial charge in [-0.05, 0) is 43.7 Å². The van der Waals surface area contributed by atoms with E-state index in [-0.39, 0.29) is 5.56 Å². The molecule has 0 saturated carbocycles. The molecule has 2 N–H and O–H groups in total. The number of rotatable bonds is 3. The summed E-state index contributed by atoms with van der Waals surface area (Å²) in [6.07, 6.45) is 0. The number of fused-ring (bicyclic) bond motifs is 1. The molecule has 2 heterocycles. The number of benzene rings is 2. The Labute approximate surface area is 144 Å². The number of hydrogen-bond acceptors (Lipinski definition) is 4. The quantitative estimate of drug-likeness (QED) is 0.603. The largest absolute Gasteiger partial charge is 0.340 e. The molecule has 0 unspecified atom stereocenters. The summed E-state index contributed by atoms with van der Waals surface area (Å²) in [7, 11) is 0. The highest BCUT2D eigenvalue weighted by atomic mass is 16.1. The third kappa shape index (κ3) is 2.89. The molecule has 4 aromatic rings. The molecule has 6 nitrogen and oxygen atoms in total. The van der Waals surface area contributed by atoms with Crippen LogP contribution in [0.4, 0.5) is 11.5 Å².